The Morgan fingerprint density at radius 1 is 1.06 bits per heavy atom. The van der Waals surface area contributed by atoms with Gasteiger partial charge in [0.25, 0.3) is 0 Å². The number of hydrogen-bond donors (Lipinski definition) is 1. The summed E-state index contributed by atoms with van der Waals surface area (Å²) in [5.74, 6) is -0.902. The number of sulfonamides is 1. The fourth-order valence-corrected chi connectivity index (χ4v) is 4.50. The van der Waals surface area contributed by atoms with Crippen LogP contribution < -0.4 is 9.62 Å². The maximum absolute atomic E-state index is 13.5. The van der Waals surface area contributed by atoms with Gasteiger partial charge in [0.15, 0.2) is 0 Å². The maximum atomic E-state index is 13.5. The Kier molecular flexibility index (Phi) is 9.17. The minimum Gasteiger partial charge on any atom is -0.352 e. The molecule has 2 aromatic carbocycles. The lowest BCUT2D eigenvalue weighted by atomic mass is 10.1. The van der Waals surface area contributed by atoms with E-state index in [1.54, 1.807) is 50.2 Å². The number of amides is 2. The largest absolute Gasteiger partial charge is 0.352 e. The van der Waals surface area contributed by atoms with Crippen molar-refractivity contribution in [1.29, 1.82) is 0 Å². The van der Waals surface area contributed by atoms with Crippen LogP contribution in [-0.2, 0) is 26.2 Å². The van der Waals surface area contributed by atoms with E-state index in [1.807, 2.05) is 13.8 Å². The lowest BCUT2D eigenvalue weighted by Gasteiger charge is -2.32. The summed E-state index contributed by atoms with van der Waals surface area (Å²) in [5, 5.41) is 3.58. The van der Waals surface area contributed by atoms with Crippen molar-refractivity contribution in [3.63, 3.8) is 0 Å². The molecule has 2 rings (SSSR count). The molecule has 10 heteroatoms. The van der Waals surface area contributed by atoms with Crippen LogP contribution in [0.5, 0.6) is 0 Å². The third-order valence-corrected chi connectivity index (χ3v) is 6.75. The van der Waals surface area contributed by atoms with E-state index in [4.69, 9.17) is 23.2 Å². The van der Waals surface area contributed by atoms with Crippen molar-refractivity contribution >= 4 is 50.7 Å². The molecule has 0 aromatic heterocycles. The predicted octanol–water partition coefficient (Wildman–Crippen LogP) is 4.01. The van der Waals surface area contributed by atoms with E-state index < -0.39 is 28.5 Å². The molecule has 0 bridgehead atoms. The number of benzene rings is 2. The van der Waals surface area contributed by atoms with Gasteiger partial charge >= 0.3 is 0 Å². The first kappa shape index (κ1) is 27.0. The second-order valence-electron chi connectivity index (χ2n) is 8.15. The molecule has 0 heterocycles. The summed E-state index contributed by atoms with van der Waals surface area (Å²) in [6.07, 6.45) is 1.02. The van der Waals surface area contributed by atoms with Crippen LogP contribution in [0.1, 0.15) is 31.9 Å². The van der Waals surface area contributed by atoms with Crippen LogP contribution in [0.3, 0.4) is 0 Å². The Bertz CT molecular complexity index is 1120. The van der Waals surface area contributed by atoms with Crippen molar-refractivity contribution in [3.05, 3.63) is 63.6 Å². The molecule has 0 saturated heterocycles. The average molecular weight is 514 g/mol. The summed E-state index contributed by atoms with van der Waals surface area (Å²) in [5.41, 5.74) is 1.58. The lowest BCUT2D eigenvalue weighted by Crippen LogP contribution is -2.52. The number of nitrogens with one attached hydrogen (secondary N) is 1. The molecule has 0 aliphatic rings. The van der Waals surface area contributed by atoms with E-state index in [0.717, 1.165) is 10.6 Å². The van der Waals surface area contributed by atoms with E-state index in [-0.39, 0.29) is 18.5 Å². The smallest absolute Gasteiger partial charge is 0.244 e. The Balaban J connectivity index is 2.45. The highest BCUT2D eigenvalue weighted by molar-refractivity contribution is 7.92. The van der Waals surface area contributed by atoms with Gasteiger partial charge in [0.05, 0.1) is 11.9 Å². The molecule has 1 atom stereocenters. The van der Waals surface area contributed by atoms with E-state index in [1.165, 1.54) is 11.0 Å². The summed E-state index contributed by atoms with van der Waals surface area (Å²) in [6, 6.07) is 10.8. The molecule has 0 saturated carbocycles. The molecule has 0 unspecified atom stereocenters. The normalized spacial score (nSPS) is 12.4. The SMILES string of the molecule is Cc1ccc(Cl)cc1N(CC(=O)N(Cc1ccccc1Cl)[C@H](C)C(=O)NC(C)C)S(C)(=O)=O. The second kappa shape index (κ2) is 11.2. The summed E-state index contributed by atoms with van der Waals surface area (Å²) in [7, 11) is -3.83. The molecule has 180 valence electrons. The maximum Gasteiger partial charge on any atom is 0.244 e. The van der Waals surface area contributed by atoms with Gasteiger partial charge in [-0.05, 0) is 57.0 Å². The van der Waals surface area contributed by atoms with Crippen molar-refractivity contribution in [2.75, 3.05) is 17.1 Å². The van der Waals surface area contributed by atoms with Crippen LogP contribution in [-0.4, -0.2) is 50.0 Å². The van der Waals surface area contributed by atoms with Gasteiger partial charge in [-0.3, -0.25) is 13.9 Å². The topological polar surface area (TPSA) is 86.8 Å². The van der Waals surface area contributed by atoms with Crippen LogP contribution in [0, 0.1) is 6.92 Å². The van der Waals surface area contributed by atoms with Gasteiger partial charge in [-0.25, -0.2) is 8.42 Å². The minimum absolute atomic E-state index is 0.0390. The molecule has 33 heavy (non-hydrogen) atoms. The molecule has 0 spiro atoms. The highest BCUT2D eigenvalue weighted by atomic mass is 35.5. The first-order chi connectivity index (χ1) is 15.3. The molecule has 2 amide bonds. The van der Waals surface area contributed by atoms with Crippen molar-refractivity contribution in [3.8, 4) is 0 Å². The molecule has 0 aliphatic heterocycles. The van der Waals surface area contributed by atoms with Crippen LogP contribution in [0.15, 0.2) is 42.5 Å². The molecule has 7 nitrogen and oxygen atoms in total. The fourth-order valence-electron chi connectivity index (χ4n) is 3.24. The number of carbonyl (C=O) groups is 2. The summed E-state index contributed by atoms with van der Waals surface area (Å²) in [6.45, 7) is 6.51. The third-order valence-electron chi connectivity index (χ3n) is 5.02. The number of aryl methyl sites for hydroxylation is 1. The first-order valence-electron chi connectivity index (χ1n) is 10.4. The summed E-state index contributed by atoms with van der Waals surface area (Å²) >= 11 is 12.4. The zero-order valence-electron chi connectivity index (χ0n) is 19.3. The monoisotopic (exact) mass is 513 g/mol. The Morgan fingerprint density at radius 3 is 2.27 bits per heavy atom. The Morgan fingerprint density at radius 2 is 1.70 bits per heavy atom. The van der Waals surface area contributed by atoms with E-state index in [9.17, 15) is 18.0 Å². The Hall–Kier alpha value is -2.29. The van der Waals surface area contributed by atoms with Gasteiger partial charge in [0, 0.05) is 22.6 Å². The predicted molar refractivity (Wildman–Crippen MR) is 133 cm³/mol. The van der Waals surface area contributed by atoms with E-state index in [0.29, 0.717) is 26.9 Å². The zero-order valence-corrected chi connectivity index (χ0v) is 21.6. The number of hydrogen-bond acceptors (Lipinski definition) is 4. The zero-order chi connectivity index (χ0) is 24.9. The van der Waals surface area contributed by atoms with Gasteiger partial charge in [0.2, 0.25) is 21.8 Å². The van der Waals surface area contributed by atoms with Gasteiger partial charge in [-0.2, -0.15) is 0 Å². The molecular formula is C23H29Cl2N3O4S. The standard InChI is InChI=1S/C23H29Cl2N3O4S/c1-15(2)26-23(30)17(4)27(13-18-8-6-7-9-20(18)25)22(29)14-28(33(5,31)32)21-12-19(24)11-10-16(21)3/h6-12,15,17H,13-14H2,1-5H3,(H,26,30)/t17-/m1/s1. The van der Waals surface area contributed by atoms with Crippen molar-refractivity contribution in [2.24, 2.45) is 0 Å². The van der Waals surface area contributed by atoms with Gasteiger partial charge < -0.3 is 10.2 Å². The van der Waals surface area contributed by atoms with Crippen LogP contribution in [0.2, 0.25) is 10.0 Å². The van der Waals surface area contributed by atoms with Crippen LogP contribution in [0.4, 0.5) is 5.69 Å². The summed E-state index contributed by atoms with van der Waals surface area (Å²) < 4.78 is 26.3. The number of rotatable bonds is 9. The van der Waals surface area contributed by atoms with Crippen molar-refractivity contribution in [2.45, 2.75) is 46.3 Å². The third kappa shape index (κ3) is 7.35. The number of anilines is 1. The molecule has 0 radical (unpaired) electrons. The number of nitrogens with zero attached hydrogens (tertiary/aromatic N) is 2. The lowest BCUT2D eigenvalue weighted by molar-refractivity contribution is -0.139. The first-order valence-corrected chi connectivity index (χ1v) is 13.0. The minimum atomic E-state index is -3.83. The van der Waals surface area contributed by atoms with Crippen molar-refractivity contribution in [1.82, 2.24) is 10.2 Å². The summed E-state index contributed by atoms with van der Waals surface area (Å²) in [4.78, 5) is 27.5. The number of halogens is 2. The highest BCUT2D eigenvalue weighted by Crippen LogP contribution is 2.27. The Labute approximate surface area is 205 Å². The quantitative estimate of drug-likeness (QED) is 0.548. The van der Waals surface area contributed by atoms with Crippen molar-refractivity contribution < 1.29 is 18.0 Å². The molecule has 0 aliphatic carbocycles. The van der Waals surface area contributed by atoms with Crippen LogP contribution in [0.25, 0.3) is 0 Å². The second-order valence-corrected chi connectivity index (χ2v) is 10.9. The van der Waals surface area contributed by atoms with Gasteiger partial charge in [-0.1, -0.05) is 47.5 Å². The van der Waals surface area contributed by atoms with E-state index >= 15 is 0 Å². The number of carbonyl (C=O) groups excluding carboxylic acids is 2. The molecule has 0 fully saturated rings. The molecule has 2 aromatic rings. The average Bonchev–Trinajstić information content (AvgIpc) is 2.71. The highest BCUT2D eigenvalue weighted by Gasteiger charge is 2.31. The van der Waals surface area contributed by atoms with Gasteiger partial charge in [0.1, 0.15) is 12.6 Å². The molecule has 1 N–H and O–H groups in total. The van der Waals surface area contributed by atoms with E-state index in [2.05, 4.69) is 5.32 Å². The fraction of sp³-hybridized carbons (Fsp3) is 0.391. The van der Waals surface area contributed by atoms with Crippen LogP contribution >= 0.6 is 23.2 Å². The molecular weight excluding hydrogens is 485 g/mol. The van der Waals surface area contributed by atoms with Gasteiger partial charge in [-0.15, -0.1) is 0 Å².